The average Bonchev–Trinajstić information content (AvgIpc) is 3.11. The lowest BCUT2D eigenvalue weighted by atomic mass is 9.92. The number of urea groups is 1. The van der Waals surface area contributed by atoms with Crippen LogP contribution in [0.2, 0.25) is 0 Å². The largest absolute Gasteiger partial charge is 0.497 e. The van der Waals surface area contributed by atoms with Gasteiger partial charge in [0.2, 0.25) is 5.91 Å². The molecule has 1 aliphatic heterocycles. The molecule has 1 heterocycles. The summed E-state index contributed by atoms with van der Waals surface area (Å²) in [6.45, 7) is 2.19. The zero-order chi connectivity index (χ0) is 24.8. The molecule has 1 unspecified atom stereocenters. The number of hydrogen-bond donors (Lipinski definition) is 1. The van der Waals surface area contributed by atoms with Gasteiger partial charge in [0.15, 0.2) is 0 Å². The maximum atomic E-state index is 13.4. The van der Waals surface area contributed by atoms with Gasteiger partial charge in [-0.2, -0.15) is 0 Å². The molecule has 0 aliphatic carbocycles. The number of carbonyl (C=O) groups is 3. The van der Waals surface area contributed by atoms with Crippen LogP contribution >= 0.6 is 0 Å². The lowest BCUT2D eigenvalue weighted by Crippen LogP contribution is -2.44. The Morgan fingerprint density at radius 3 is 2.11 bits per heavy atom. The van der Waals surface area contributed by atoms with Gasteiger partial charge < -0.3 is 15.0 Å². The second kappa shape index (κ2) is 10.4. The van der Waals surface area contributed by atoms with E-state index in [-0.39, 0.29) is 12.5 Å². The zero-order valence-corrected chi connectivity index (χ0v) is 19.9. The number of hydrogen-bond acceptors (Lipinski definition) is 4. The number of rotatable bonds is 9. The Morgan fingerprint density at radius 2 is 1.51 bits per heavy atom. The van der Waals surface area contributed by atoms with Crippen LogP contribution in [-0.4, -0.2) is 47.8 Å². The van der Waals surface area contributed by atoms with Crippen LogP contribution in [0.4, 0.5) is 4.79 Å². The van der Waals surface area contributed by atoms with Gasteiger partial charge in [-0.25, -0.2) is 4.79 Å². The molecule has 4 rings (SSSR count). The Bertz CT molecular complexity index is 1180. The van der Waals surface area contributed by atoms with E-state index in [2.05, 4.69) is 5.32 Å². The van der Waals surface area contributed by atoms with Crippen molar-refractivity contribution in [3.8, 4) is 5.75 Å². The van der Waals surface area contributed by atoms with Crippen molar-refractivity contribution in [2.45, 2.75) is 25.4 Å². The SMILES string of the molecule is COc1ccc(C2(C)NC(=O)N(CC(=O)N(CCc3ccccc3)Cc3ccccc3)C2=O)cc1. The fourth-order valence-electron chi connectivity index (χ4n) is 4.20. The summed E-state index contributed by atoms with van der Waals surface area (Å²) in [6, 6.07) is 26.0. The van der Waals surface area contributed by atoms with Crippen LogP contribution in [0.3, 0.4) is 0 Å². The number of methoxy groups -OCH3 is 1. The standard InChI is InChI=1S/C28H29N3O4/c1-28(23-13-15-24(35-2)16-14-23)26(33)31(27(34)29-28)20-25(32)30(19-22-11-7-4-8-12-22)18-17-21-9-5-3-6-10-21/h3-16H,17-20H2,1-2H3,(H,29,34). The van der Waals surface area contributed by atoms with E-state index in [1.807, 2.05) is 60.7 Å². The molecule has 1 saturated heterocycles. The molecule has 1 atom stereocenters. The number of nitrogens with zero attached hydrogens (tertiary/aromatic N) is 2. The first kappa shape index (κ1) is 24.0. The highest BCUT2D eigenvalue weighted by molar-refractivity contribution is 6.09. The van der Waals surface area contributed by atoms with E-state index in [1.165, 1.54) is 0 Å². The molecule has 1 aliphatic rings. The van der Waals surface area contributed by atoms with Gasteiger partial charge in [0.1, 0.15) is 17.8 Å². The van der Waals surface area contributed by atoms with Gasteiger partial charge in [-0.1, -0.05) is 72.8 Å². The van der Waals surface area contributed by atoms with Gasteiger partial charge >= 0.3 is 6.03 Å². The molecule has 0 spiro atoms. The third kappa shape index (κ3) is 5.35. The predicted molar refractivity (Wildman–Crippen MR) is 133 cm³/mol. The molecule has 7 heteroatoms. The minimum absolute atomic E-state index is 0.285. The summed E-state index contributed by atoms with van der Waals surface area (Å²) in [5.74, 6) is -0.0906. The highest BCUT2D eigenvalue weighted by Gasteiger charge is 2.49. The number of carbonyl (C=O) groups excluding carboxylic acids is 3. The summed E-state index contributed by atoms with van der Waals surface area (Å²) in [6.07, 6.45) is 0.670. The number of imide groups is 1. The van der Waals surface area contributed by atoms with Crippen molar-refractivity contribution in [1.82, 2.24) is 15.1 Å². The quantitative estimate of drug-likeness (QED) is 0.483. The van der Waals surface area contributed by atoms with Crippen LogP contribution in [0.5, 0.6) is 5.75 Å². The van der Waals surface area contributed by atoms with E-state index < -0.39 is 17.5 Å². The van der Waals surface area contributed by atoms with Crippen LogP contribution in [0, 0.1) is 0 Å². The average molecular weight is 472 g/mol. The number of benzene rings is 3. The van der Waals surface area contributed by atoms with E-state index in [9.17, 15) is 14.4 Å². The van der Waals surface area contributed by atoms with Crippen molar-refractivity contribution in [2.75, 3.05) is 20.2 Å². The van der Waals surface area contributed by atoms with Gasteiger partial charge in [-0.15, -0.1) is 0 Å². The summed E-state index contributed by atoms with van der Waals surface area (Å²) in [5.41, 5.74) is 1.46. The molecular weight excluding hydrogens is 442 g/mol. The maximum Gasteiger partial charge on any atom is 0.325 e. The van der Waals surface area contributed by atoms with Crippen molar-refractivity contribution >= 4 is 17.8 Å². The number of nitrogens with one attached hydrogen (secondary N) is 1. The highest BCUT2D eigenvalue weighted by atomic mass is 16.5. The van der Waals surface area contributed by atoms with Crippen LogP contribution in [-0.2, 0) is 28.1 Å². The van der Waals surface area contributed by atoms with E-state index in [1.54, 1.807) is 43.2 Å². The van der Waals surface area contributed by atoms with Crippen LogP contribution in [0.1, 0.15) is 23.6 Å². The van der Waals surface area contributed by atoms with E-state index in [0.29, 0.717) is 30.8 Å². The molecule has 4 amide bonds. The summed E-state index contributed by atoms with van der Waals surface area (Å²) in [5, 5.41) is 2.76. The fraction of sp³-hybridized carbons (Fsp3) is 0.250. The van der Waals surface area contributed by atoms with Crippen molar-refractivity contribution in [2.24, 2.45) is 0 Å². The first-order chi connectivity index (χ1) is 16.9. The smallest absolute Gasteiger partial charge is 0.325 e. The Labute approximate surface area is 205 Å². The second-order valence-corrected chi connectivity index (χ2v) is 8.71. The molecular formula is C28H29N3O4. The van der Waals surface area contributed by atoms with E-state index in [4.69, 9.17) is 4.74 Å². The molecule has 7 nitrogen and oxygen atoms in total. The van der Waals surface area contributed by atoms with Crippen molar-refractivity contribution in [1.29, 1.82) is 0 Å². The summed E-state index contributed by atoms with van der Waals surface area (Å²) >= 11 is 0. The Morgan fingerprint density at radius 1 is 0.914 bits per heavy atom. The van der Waals surface area contributed by atoms with Crippen molar-refractivity contribution < 1.29 is 19.1 Å². The Hall–Kier alpha value is -4.13. The monoisotopic (exact) mass is 471 g/mol. The van der Waals surface area contributed by atoms with Crippen molar-refractivity contribution in [3.05, 3.63) is 102 Å². The third-order valence-corrected chi connectivity index (χ3v) is 6.32. The molecule has 0 radical (unpaired) electrons. The Kier molecular flexibility index (Phi) is 7.15. The van der Waals surface area contributed by atoms with Crippen LogP contribution in [0.15, 0.2) is 84.9 Å². The lowest BCUT2D eigenvalue weighted by molar-refractivity contribution is -0.139. The molecule has 3 aromatic carbocycles. The van der Waals surface area contributed by atoms with Gasteiger partial charge in [0.05, 0.1) is 7.11 Å². The molecule has 1 fully saturated rings. The van der Waals surface area contributed by atoms with Gasteiger partial charge in [-0.3, -0.25) is 14.5 Å². The second-order valence-electron chi connectivity index (χ2n) is 8.71. The lowest BCUT2D eigenvalue weighted by Gasteiger charge is -2.26. The van der Waals surface area contributed by atoms with Gasteiger partial charge in [0, 0.05) is 13.1 Å². The summed E-state index contributed by atoms with van der Waals surface area (Å²) in [7, 11) is 1.56. The minimum atomic E-state index is -1.25. The van der Waals surface area contributed by atoms with Gasteiger partial charge in [0.25, 0.3) is 5.91 Å². The molecule has 35 heavy (non-hydrogen) atoms. The van der Waals surface area contributed by atoms with E-state index >= 15 is 0 Å². The molecule has 0 aromatic heterocycles. The maximum absolute atomic E-state index is 13.4. The summed E-state index contributed by atoms with van der Waals surface area (Å²) < 4.78 is 5.18. The molecule has 3 aromatic rings. The Balaban J connectivity index is 1.50. The highest BCUT2D eigenvalue weighted by Crippen LogP contribution is 2.30. The third-order valence-electron chi connectivity index (χ3n) is 6.32. The topological polar surface area (TPSA) is 79.0 Å². The summed E-state index contributed by atoms with van der Waals surface area (Å²) in [4.78, 5) is 42.2. The molecule has 180 valence electrons. The fourth-order valence-corrected chi connectivity index (χ4v) is 4.20. The predicted octanol–water partition coefficient (Wildman–Crippen LogP) is 3.73. The van der Waals surface area contributed by atoms with E-state index in [0.717, 1.165) is 16.0 Å². The number of ether oxygens (including phenoxy) is 1. The molecule has 1 N–H and O–H groups in total. The minimum Gasteiger partial charge on any atom is -0.497 e. The molecule has 0 bridgehead atoms. The first-order valence-electron chi connectivity index (χ1n) is 11.5. The van der Waals surface area contributed by atoms with Crippen LogP contribution in [0.25, 0.3) is 0 Å². The number of amides is 4. The first-order valence-corrected chi connectivity index (χ1v) is 11.5. The van der Waals surface area contributed by atoms with Gasteiger partial charge in [-0.05, 0) is 42.2 Å². The van der Waals surface area contributed by atoms with Crippen molar-refractivity contribution in [3.63, 3.8) is 0 Å². The molecule has 0 saturated carbocycles. The zero-order valence-electron chi connectivity index (χ0n) is 19.9. The normalized spacial score (nSPS) is 17.3. The van der Waals surface area contributed by atoms with Crippen LogP contribution < -0.4 is 10.1 Å².